The van der Waals surface area contributed by atoms with E-state index in [1.165, 1.54) is 17.3 Å². The highest BCUT2D eigenvalue weighted by Gasteiger charge is 2.07. The number of nitrogens with one attached hydrogen (secondary N) is 1. The van der Waals surface area contributed by atoms with Crippen LogP contribution in [-0.2, 0) is 13.0 Å². The van der Waals surface area contributed by atoms with Gasteiger partial charge < -0.3 is 14.9 Å². The van der Waals surface area contributed by atoms with Gasteiger partial charge >= 0.3 is 5.97 Å². The van der Waals surface area contributed by atoms with Crippen molar-refractivity contribution in [2.75, 3.05) is 13.1 Å². The molecule has 2 aromatic rings. The van der Waals surface area contributed by atoms with E-state index in [9.17, 15) is 4.79 Å². The van der Waals surface area contributed by atoms with Crippen LogP contribution in [0.2, 0.25) is 0 Å². The van der Waals surface area contributed by atoms with Crippen LogP contribution in [0.4, 0.5) is 0 Å². The minimum absolute atomic E-state index is 0.0539. The number of nitrogens with zero attached hydrogens (tertiary/aromatic N) is 5. The molecule has 9 nitrogen and oxygen atoms in total. The summed E-state index contributed by atoms with van der Waals surface area (Å²) in [5, 5.41) is 22.7. The molecule has 0 bridgehead atoms. The fourth-order valence-electron chi connectivity index (χ4n) is 1.33. The zero-order valence-electron chi connectivity index (χ0n) is 9.48. The van der Waals surface area contributed by atoms with Crippen molar-refractivity contribution in [1.29, 1.82) is 0 Å². The Kier molecular flexibility index (Phi) is 3.97. The SMILES string of the molecule is O=C(O)c1cn(CCNCCc2ncon2)nn1. The number of aromatic nitrogens is 5. The third-order valence-electron chi connectivity index (χ3n) is 2.21. The summed E-state index contributed by atoms with van der Waals surface area (Å²) in [4.78, 5) is 14.5. The molecule has 0 aliphatic heterocycles. The van der Waals surface area contributed by atoms with Crippen LogP contribution in [0, 0.1) is 0 Å². The Balaban J connectivity index is 1.64. The molecule has 0 amide bonds. The van der Waals surface area contributed by atoms with Gasteiger partial charge in [0.1, 0.15) is 0 Å². The molecule has 0 unspecified atom stereocenters. The van der Waals surface area contributed by atoms with Crippen LogP contribution in [0.1, 0.15) is 16.3 Å². The second kappa shape index (κ2) is 5.87. The minimum atomic E-state index is -1.08. The Morgan fingerprint density at radius 2 is 2.39 bits per heavy atom. The number of hydrogen-bond acceptors (Lipinski definition) is 7. The molecule has 0 radical (unpaired) electrons. The first-order valence-corrected chi connectivity index (χ1v) is 5.35. The smallest absolute Gasteiger partial charge is 0.358 e. The molecule has 0 spiro atoms. The molecule has 18 heavy (non-hydrogen) atoms. The molecule has 0 saturated heterocycles. The van der Waals surface area contributed by atoms with E-state index in [-0.39, 0.29) is 5.69 Å². The van der Waals surface area contributed by atoms with Crippen LogP contribution >= 0.6 is 0 Å². The van der Waals surface area contributed by atoms with Crippen LogP contribution in [-0.4, -0.2) is 49.3 Å². The Morgan fingerprint density at radius 1 is 1.50 bits per heavy atom. The van der Waals surface area contributed by atoms with Gasteiger partial charge in [-0.1, -0.05) is 10.4 Å². The van der Waals surface area contributed by atoms with Gasteiger partial charge in [0.2, 0.25) is 6.39 Å². The van der Waals surface area contributed by atoms with Crippen molar-refractivity contribution in [2.24, 2.45) is 0 Å². The molecule has 9 heteroatoms. The molecule has 2 heterocycles. The summed E-state index contributed by atoms with van der Waals surface area (Å²) in [5.74, 6) is -0.428. The lowest BCUT2D eigenvalue weighted by Gasteiger charge is -2.02. The number of hydrogen-bond donors (Lipinski definition) is 2. The highest BCUT2D eigenvalue weighted by molar-refractivity contribution is 5.84. The van der Waals surface area contributed by atoms with E-state index < -0.39 is 5.97 Å². The second-order valence-electron chi connectivity index (χ2n) is 3.52. The van der Waals surface area contributed by atoms with Crippen molar-refractivity contribution in [1.82, 2.24) is 30.5 Å². The topological polar surface area (TPSA) is 119 Å². The first-order valence-electron chi connectivity index (χ1n) is 5.35. The molecule has 2 N–H and O–H groups in total. The summed E-state index contributed by atoms with van der Waals surface area (Å²) >= 11 is 0. The Bertz CT molecular complexity index is 494. The van der Waals surface area contributed by atoms with Gasteiger partial charge in [-0.2, -0.15) is 4.98 Å². The molecule has 0 aliphatic carbocycles. The van der Waals surface area contributed by atoms with Gasteiger partial charge in [-0.3, -0.25) is 4.68 Å². The van der Waals surface area contributed by atoms with Gasteiger partial charge in [-0.15, -0.1) is 5.10 Å². The van der Waals surface area contributed by atoms with Crippen molar-refractivity contribution >= 4 is 5.97 Å². The zero-order chi connectivity index (χ0) is 12.8. The predicted molar refractivity (Wildman–Crippen MR) is 57.9 cm³/mol. The van der Waals surface area contributed by atoms with E-state index in [1.807, 2.05) is 0 Å². The zero-order valence-corrected chi connectivity index (χ0v) is 9.48. The summed E-state index contributed by atoms with van der Waals surface area (Å²) in [5.41, 5.74) is -0.0539. The average molecular weight is 252 g/mol. The molecule has 2 rings (SSSR count). The lowest BCUT2D eigenvalue weighted by Crippen LogP contribution is -2.22. The monoisotopic (exact) mass is 252 g/mol. The van der Waals surface area contributed by atoms with E-state index in [0.717, 1.165) is 0 Å². The van der Waals surface area contributed by atoms with Crippen LogP contribution in [0.25, 0.3) is 0 Å². The molecule has 0 saturated carbocycles. The largest absolute Gasteiger partial charge is 0.476 e. The standard InChI is InChI=1S/C9H12N6O3/c16-9(17)7-5-15(14-12-7)4-3-10-2-1-8-11-6-18-13-8/h5-6,10H,1-4H2,(H,16,17). The van der Waals surface area contributed by atoms with Gasteiger partial charge in [-0.25, -0.2) is 4.79 Å². The number of carboxylic acids is 1. The van der Waals surface area contributed by atoms with Gasteiger partial charge in [-0.05, 0) is 0 Å². The van der Waals surface area contributed by atoms with Crippen molar-refractivity contribution in [3.8, 4) is 0 Å². The molecule has 0 aromatic carbocycles. The third-order valence-corrected chi connectivity index (χ3v) is 2.21. The average Bonchev–Trinajstić information content (AvgIpc) is 2.98. The molecule has 96 valence electrons. The normalized spacial score (nSPS) is 10.7. The molecule has 0 aliphatic rings. The quantitative estimate of drug-likeness (QED) is 0.614. The minimum Gasteiger partial charge on any atom is -0.476 e. The number of rotatable bonds is 7. The summed E-state index contributed by atoms with van der Waals surface area (Å²) in [6.45, 7) is 1.91. The van der Waals surface area contributed by atoms with Crippen molar-refractivity contribution in [3.05, 3.63) is 24.1 Å². The first kappa shape index (κ1) is 12.2. The molecular weight excluding hydrogens is 240 g/mol. The Labute approximate surface area is 102 Å². The third kappa shape index (κ3) is 3.35. The van der Waals surface area contributed by atoms with Crippen LogP contribution in [0.5, 0.6) is 0 Å². The van der Waals surface area contributed by atoms with E-state index in [2.05, 4.69) is 30.3 Å². The van der Waals surface area contributed by atoms with E-state index in [0.29, 0.717) is 31.9 Å². The van der Waals surface area contributed by atoms with Crippen molar-refractivity contribution in [3.63, 3.8) is 0 Å². The number of carboxylic acid groups (broad SMARTS) is 1. The van der Waals surface area contributed by atoms with Crippen LogP contribution in [0.3, 0.4) is 0 Å². The molecule has 0 atom stereocenters. The first-order chi connectivity index (χ1) is 8.75. The lowest BCUT2D eigenvalue weighted by molar-refractivity contribution is 0.0690. The van der Waals surface area contributed by atoms with Crippen molar-refractivity contribution in [2.45, 2.75) is 13.0 Å². The lowest BCUT2D eigenvalue weighted by atomic mass is 10.4. The van der Waals surface area contributed by atoms with E-state index in [1.54, 1.807) is 0 Å². The van der Waals surface area contributed by atoms with Gasteiger partial charge in [0, 0.05) is 19.5 Å². The molecular formula is C9H12N6O3. The van der Waals surface area contributed by atoms with Crippen LogP contribution in [0.15, 0.2) is 17.1 Å². The van der Waals surface area contributed by atoms with Crippen molar-refractivity contribution < 1.29 is 14.4 Å². The fraction of sp³-hybridized carbons (Fsp3) is 0.444. The predicted octanol–water partition coefficient (Wildman–Crippen LogP) is -0.808. The maximum Gasteiger partial charge on any atom is 0.358 e. The summed E-state index contributed by atoms with van der Waals surface area (Å²) < 4.78 is 6.08. The fourth-order valence-corrected chi connectivity index (χ4v) is 1.33. The Hall–Kier alpha value is -2.29. The number of aromatic carboxylic acids is 1. The summed E-state index contributed by atoms with van der Waals surface area (Å²) in [7, 11) is 0. The maximum atomic E-state index is 10.6. The summed E-state index contributed by atoms with van der Waals surface area (Å²) in [6, 6.07) is 0. The molecule has 0 fully saturated rings. The highest BCUT2D eigenvalue weighted by atomic mass is 16.5. The van der Waals surface area contributed by atoms with Crippen LogP contribution < -0.4 is 5.32 Å². The molecule has 2 aromatic heterocycles. The van der Waals surface area contributed by atoms with E-state index >= 15 is 0 Å². The maximum absolute atomic E-state index is 10.6. The summed E-state index contributed by atoms with van der Waals surface area (Å²) in [6.07, 6.45) is 3.36. The van der Waals surface area contributed by atoms with Gasteiger partial charge in [0.05, 0.1) is 12.7 Å². The Morgan fingerprint density at radius 3 is 3.06 bits per heavy atom. The highest BCUT2D eigenvalue weighted by Crippen LogP contribution is 1.92. The van der Waals surface area contributed by atoms with Gasteiger partial charge in [0.25, 0.3) is 0 Å². The van der Waals surface area contributed by atoms with Gasteiger partial charge in [0.15, 0.2) is 11.5 Å². The second-order valence-corrected chi connectivity index (χ2v) is 3.52. The number of carbonyl (C=O) groups is 1. The van der Waals surface area contributed by atoms with E-state index in [4.69, 9.17) is 5.11 Å².